The predicted molar refractivity (Wildman–Crippen MR) is 83.9 cm³/mol. The van der Waals surface area contributed by atoms with E-state index < -0.39 is 0 Å². The Hall–Kier alpha value is -2.89. The third kappa shape index (κ3) is 2.00. The molecule has 0 spiro atoms. The second kappa shape index (κ2) is 4.84. The minimum Gasteiger partial charge on any atom is -0.295 e. The number of rotatable bonds is 2. The number of aryl methyl sites for hydroxylation is 2. The van der Waals surface area contributed by atoms with E-state index in [4.69, 9.17) is 0 Å². The summed E-state index contributed by atoms with van der Waals surface area (Å²) in [6.07, 6.45) is 0. The number of carbonyl (C=O) groups is 1. The van der Waals surface area contributed by atoms with Crippen LogP contribution in [0.3, 0.4) is 0 Å². The average molecular weight is 297 g/mol. The molecule has 0 aliphatic carbocycles. The van der Waals surface area contributed by atoms with Crippen LogP contribution in [-0.4, -0.2) is 20.1 Å². The summed E-state index contributed by atoms with van der Waals surface area (Å²) in [5, 5.41) is 3.34. The highest BCUT2D eigenvalue weighted by molar-refractivity contribution is 5.94. The monoisotopic (exact) mass is 297 g/mol. The van der Waals surface area contributed by atoms with Gasteiger partial charge in [0.2, 0.25) is 0 Å². The van der Waals surface area contributed by atoms with Crippen molar-refractivity contribution in [2.24, 2.45) is 7.05 Å². The van der Waals surface area contributed by atoms with E-state index in [1.54, 1.807) is 38.2 Å². The zero-order valence-corrected chi connectivity index (χ0v) is 12.5. The molecule has 0 fully saturated rings. The summed E-state index contributed by atoms with van der Waals surface area (Å²) in [5.74, 6) is -0.0365. The zero-order valence-electron chi connectivity index (χ0n) is 12.5. The van der Waals surface area contributed by atoms with Crippen molar-refractivity contribution in [2.75, 3.05) is 0 Å². The highest BCUT2D eigenvalue weighted by atomic mass is 16.1. The standard InChI is InChI=1S/C16H15N3O3/c1-9-15-13(17-18(3)16(15)22)8-14(21)19(9)12-6-4-11(5-7-12)10(2)20/h4-8,17H,1-3H3. The van der Waals surface area contributed by atoms with Crippen molar-refractivity contribution in [3.8, 4) is 5.69 Å². The summed E-state index contributed by atoms with van der Waals surface area (Å²) in [6, 6.07) is 8.15. The first kappa shape index (κ1) is 14.1. The van der Waals surface area contributed by atoms with Crippen molar-refractivity contribution in [1.82, 2.24) is 14.3 Å². The fourth-order valence-electron chi connectivity index (χ4n) is 2.66. The molecule has 3 rings (SSSR count). The van der Waals surface area contributed by atoms with Crippen LogP contribution in [0, 0.1) is 6.92 Å². The molecule has 0 atom stereocenters. The van der Waals surface area contributed by atoms with Crippen LogP contribution in [0.15, 0.2) is 39.9 Å². The number of H-pyrrole nitrogens is 1. The Kier molecular flexibility index (Phi) is 3.09. The molecule has 0 radical (unpaired) electrons. The Bertz CT molecular complexity index is 1000. The zero-order chi connectivity index (χ0) is 16.0. The highest BCUT2D eigenvalue weighted by Crippen LogP contribution is 2.15. The second-order valence-corrected chi connectivity index (χ2v) is 5.27. The quantitative estimate of drug-likeness (QED) is 0.729. The molecule has 1 N–H and O–H groups in total. The van der Waals surface area contributed by atoms with Gasteiger partial charge in [-0.15, -0.1) is 0 Å². The number of hydrogen-bond acceptors (Lipinski definition) is 3. The predicted octanol–water partition coefficient (Wildman–Crippen LogP) is 1.53. The lowest BCUT2D eigenvalue weighted by atomic mass is 10.1. The van der Waals surface area contributed by atoms with Gasteiger partial charge in [0.05, 0.1) is 10.9 Å². The molecule has 0 saturated carbocycles. The summed E-state index contributed by atoms with van der Waals surface area (Å²) >= 11 is 0. The number of nitrogens with one attached hydrogen (secondary N) is 1. The summed E-state index contributed by atoms with van der Waals surface area (Å²) in [4.78, 5) is 35.9. The van der Waals surface area contributed by atoms with E-state index >= 15 is 0 Å². The van der Waals surface area contributed by atoms with Crippen LogP contribution in [-0.2, 0) is 7.05 Å². The van der Waals surface area contributed by atoms with Crippen LogP contribution < -0.4 is 11.1 Å². The van der Waals surface area contributed by atoms with Gasteiger partial charge in [0.1, 0.15) is 0 Å². The number of hydrogen-bond donors (Lipinski definition) is 1. The summed E-state index contributed by atoms with van der Waals surface area (Å²) in [7, 11) is 1.61. The minimum absolute atomic E-state index is 0.0365. The molecule has 22 heavy (non-hydrogen) atoms. The lowest BCUT2D eigenvalue weighted by Crippen LogP contribution is -2.21. The largest absolute Gasteiger partial charge is 0.295 e. The molecule has 0 saturated heterocycles. The Morgan fingerprint density at radius 3 is 2.36 bits per heavy atom. The Morgan fingerprint density at radius 1 is 1.14 bits per heavy atom. The molecule has 1 aromatic carbocycles. The number of benzene rings is 1. The molecule has 6 nitrogen and oxygen atoms in total. The summed E-state index contributed by atoms with van der Waals surface area (Å²) < 4.78 is 2.82. The van der Waals surface area contributed by atoms with Gasteiger partial charge in [-0.05, 0) is 38.1 Å². The van der Waals surface area contributed by atoms with Crippen molar-refractivity contribution in [3.63, 3.8) is 0 Å². The first-order valence-electron chi connectivity index (χ1n) is 6.83. The maximum Gasteiger partial charge on any atom is 0.275 e. The molecule has 0 aliphatic heterocycles. The molecule has 3 aromatic rings. The molecule has 6 heteroatoms. The van der Waals surface area contributed by atoms with Gasteiger partial charge in [-0.1, -0.05) is 0 Å². The van der Waals surface area contributed by atoms with Crippen molar-refractivity contribution >= 4 is 16.7 Å². The van der Waals surface area contributed by atoms with E-state index in [1.807, 2.05) is 0 Å². The van der Waals surface area contributed by atoms with Gasteiger partial charge in [0.15, 0.2) is 5.78 Å². The third-order valence-electron chi connectivity index (χ3n) is 3.79. The molecule has 0 bridgehead atoms. The van der Waals surface area contributed by atoms with Crippen molar-refractivity contribution in [3.05, 3.63) is 62.3 Å². The molecule has 0 aliphatic rings. The first-order chi connectivity index (χ1) is 10.4. The molecule has 2 aromatic heterocycles. The first-order valence-corrected chi connectivity index (χ1v) is 6.83. The number of fused-ring (bicyclic) bond motifs is 1. The molecule has 0 unspecified atom stereocenters. The van der Waals surface area contributed by atoms with Crippen LogP contribution >= 0.6 is 0 Å². The van der Waals surface area contributed by atoms with Crippen LogP contribution in [0.25, 0.3) is 16.6 Å². The fraction of sp³-hybridized carbons (Fsp3) is 0.188. The number of pyridine rings is 1. The molecular weight excluding hydrogens is 282 g/mol. The van der Waals surface area contributed by atoms with Crippen LogP contribution in [0.4, 0.5) is 0 Å². The topological polar surface area (TPSA) is 76.9 Å². The SMILES string of the molecule is CC(=O)c1ccc(-n2c(C)c3c(=O)n(C)[nH]c3cc2=O)cc1. The second-order valence-electron chi connectivity index (χ2n) is 5.27. The average Bonchev–Trinajstić information content (AvgIpc) is 2.74. The Morgan fingerprint density at radius 2 is 1.77 bits per heavy atom. The van der Waals surface area contributed by atoms with E-state index in [0.717, 1.165) is 0 Å². The van der Waals surface area contributed by atoms with Crippen LogP contribution in [0.2, 0.25) is 0 Å². The summed E-state index contributed by atoms with van der Waals surface area (Å²) in [5.41, 5.74) is 1.88. The van der Waals surface area contributed by atoms with E-state index in [-0.39, 0.29) is 16.9 Å². The molecule has 112 valence electrons. The number of aromatic amines is 1. The van der Waals surface area contributed by atoms with E-state index in [2.05, 4.69) is 5.10 Å². The van der Waals surface area contributed by atoms with Crippen molar-refractivity contribution < 1.29 is 4.79 Å². The van der Waals surface area contributed by atoms with E-state index in [0.29, 0.717) is 27.8 Å². The highest BCUT2D eigenvalue weighted by Gasteiger charge is 2.14. The third-order valence-corrected chi connectivity index (χ3v) is 3.79. The number of carbonyl (C=O) groups excluding carboxylic acids is 1. The smallest absolute Gasteiger partial charge is 0.275 e. The Balaban J connectivity index is 2.31. The van der Waals surface area contributed by atoms with Gasteiger partial charge < -0.3 is 0 Å². The Labute approximate surface area is 125 Å². The lowest BCUT2D eigenvalue weighted by molar-refractivity contribution is 0.101. The number of Topliss-reactive ketones (excluding diaryl/α,β-unsaturated/α-hetero) is 1. The molecule has 0 amide bonds. The van der Waals surface area contributed by atoms with Crippen LogP contribution in [0.5, 0.6) is 0 Å². The minimum atomic E-state index is -0.234. The van der Waals surface area contributed by atoms with Gasteiger partial charge in [-0.2, -0.15) is 0 Å². The maximum atomic E-state index is 12.4. The van der Waals surface area contributed by atoms with E-state index in [1.165, 1.54) is 22.2 Å². The molecular formula is C16H15N3O3. The van der Waals surface area contributed by atoms with Crippen LogP contribution in [0.1, 0.15) is 23.0 Å². The molecule has 2 heterocycles. The fourth-order valence-corrected chi connectivity index (χ4v) is 2.66. The van der Waals surface area contributed by atoms with Gasteiger partial charge in [-0.3, -0.25) is 28.7 Å². The summed E-state index contributed by atoms with van der Waals surface area (Å²) in [6.45, 7) is 3.22. The number of nitrogens with zero attached hydrogens (tertiary/aromatic N) is 2. The van der Waals surface area contributed by atoms with Gasteiger partial charge in [-0.25, -0.2) is 0 Å². The van der Waals surface area contributed by atoms with Crippen molar-refractivity contribution in [1.29, 1.82) is 0 Å². The number of ketones is 1. The van der Waals surface area contributed by atoms with E-state index in [9.17, 15) is 14.4 Å². The lowest BCUT2D eigenvalue weighted by Gasteiger charge is -2.10. The number of aromatic nitrogens is 3. The normalized spacial score (nSPS) is 11.0. The van der Waals surface area contributed by atoms with Gasteiger partial charge in [0.25, 0.3) is 11.1 Å². The van der Waals surface area contributed by atoms with Gasteiger partial charge in [0, 0.05) is 30.1 Å². The van der Waals surface area contributed by atoms with Crippen molar-refractivity contribution in [2.45, 2.75) is 13.8 Å². The van der Waals surface area contributed by atoms with Gasteiger partial charge >= 0.3 is 0 Å². The maximum absolute atomic E-state index is 12.4.